The number of nitro groups is 2. The van der Waals surface area contributed by atoms with Gasteiger partial charge in [-0.05, 0) is 13.0 Å². The Kier molecular flexibility index (Phi) is 3.37. The maximum Gasteiger partial charge on any atom is 0.321 e. The minimum absolute atomic E-state index is 0.154. The van der Waals surface area contributed by atoms with Gasteiger partial charge in [0.25, 0.3) is 5.69 Å². The van der Waals surface area contributed by atoms with Gasteiger partial charge in [0.05, 0.1) is 9.85 Å². The SMILES string of the molecule is CC(=O)Oc1ccc([N+](=O)[O-])c(C)c1[N+](=O)[O-]. The number of rotatable bonds is 3. The molecule has 0 saturated heterocycles. The highest BCUT2D eigenvalue weighted by Gasteiger charge is 2.27. The molecule has 0 radical (unpaired) electrons. The van der Waals surface area contributed by atoms with Crippen molar-refractivity contribution in [2.45, 2.75) is 13.8 Å². The summed E-state index contributed by atoms with van der Waals surface area (Å²) in [5.74, 6) is -1.04. The van der Waals surface area contributed by atoms with Crippen LogP contribution in [0.15, 0.2) is 12.1 Å². The summed E-state index contributed by atoms with van der Waals surface area (Å²) in [4.78, 5) is 30.6. The molecule has 0 heterocycles. The predicted octanol–water partition coefficient (Wildman–Crippen LogP) is 1.74. The van der Waals surface area contributed by atoms with E-state index in [4.69, 9.17) is 0 Å². The van der Waals surface area contributed by atoms with Gasteiger partial charge in [0.15, 0.2) is 0 Å². The van der Waals surface area contributed by atoms with Crippen molar-refractivity contribution in [3.8, 4) is 5.75 Å². The molecule has 0 atom stereocenters. The second kappa shape index (κ2) is 4.56. The molecule has 1 rings (SSSR count). The molecule has 0 bridgehead atoms. The van der Waals surface area contributed by atoms with Gasteiger partial charge in [-0.25, -0.2) is 0 Å². The largest absolute Gasteiger partial charge is 0.419 e. The third-order valence-electron chi connectivity index (χ3n) is 2.00. The highest BCUT2D eigenvalue weighted by Crippen LogP contribution is 2.36. The summed E-state index contributed by atoms with van der Waals surface area (Å²) >= 11 is 0. The maximum absolute atomic E-state index is 10.8. The second-order valence-corrected chi connectivity index (χ2v) is 3.16. The lowest BCUT2D eigenvalue weighted by Crippen LogP contribution is -2.06. The van der Waals surface area contributed by atoms with Crippen molar-refractivity contribution < 1.29 is 19.4 Å². The quantitative estimate of drug-likeness (QED) is 0.344. The van der Waals surface area contributed by atoms with Crippen LogP contribution in [0.3, 0.4) is 0 Å². The Balaban J connectivity index is 3.44. The molecule has 0 saturated carbocycles. The fourth-order valence-corrected chi connectivity index (χ4v) is 1.33. The smallest absolute Gasteiger partial charge is 0.321 e. The van der Waals surface area contributed by atoms with Crippen molar-refractivity contribution >= 4 is 17.3 Å². The van der Waals surface area contributed by atoms with E-state index in [-0.39, 0.29) is 11.3 Å². The van der Waals surface area contributed by atoms with Crippen molar-refractivity contribution in [2.75, 3.05) is 0 Å². The van der Waals surface area contributed by atoms with E-state index < -0.39 is 27.2 Å². The number of hydrogen-bond acceptors (Lipinski definition) is 6. The van der Waals surface area contributed by atoms with E-state index in [1.165, 1.54) is 6.92 Å². The van der Waals surface area contributed by atoms with E-state index in [1.54, 1.807) is 0 Å². The van der Waals surface area contributed by atoms with Crippen molar-refractivity contribution in [1.82, 2.24) is 0 Å². The summed E-state index contributed by atoms with van der Waals surface area (Å²) in [5, 5.41) is 21.4. The van der Waals surface area contributed by atoms with E-state index in [9.17, 15) is 25.0 Å². The summed E-state index contributed by atoms with van der Waals surface area (Å²) < 4.78 is 4.62. The number of carbonyl (C=O) groups is 1. The predicted molar refractivity (Wildman–Crippen MR) is 55.8 cm³/mol. The van der Waals surface area contributed by atoms with Crippen LogP contribution in [0.2, 0.25) is 0 Å². The first kappa shape index (κ1) is 12.6. The molecular formula is C9H8N2O6. The van der Waals surface area contributed by atoms with Gasteiger partial charge >= 0.3 is 11.7 Å². The lowest BCUT2D eigenvalue weighted by atomic mass is 10.1. The monoisotopic (exact) mass is 240 g/mol. The molecule has 1 aromatic carbocycles. The van der Waals surface area contributed by atoms with Crippen LogP contribution in [-0.2, 0) is 4.79 Å². The zero-order valence-corrected chi connectivity index (χ0v) is 9.00. The topological polar surface area (TPSA) is 113 Å². The molecule has 0 spiro atoms. The van der Waals surface area contributed by atoms with Crippen molar-refractivity contribution in [3.05, 3.63) is 37.9 Å². The molecule has 90 valence electrons. The van der Waals surface area contributed by atoms with E-state index >= 15 is 0 Å². The Morgan fingerprint density at radius 2 is 1.82 bits per heavy atom. The van der Waals surface area contributed by atoms with Crippen LogP contribution >= 0.6 is 0 Å². The first-order valence-corrected chi connectivity index (χ1v) is 4.45. The van der Waals surface area contributed by atoms with Crippen LogP contribution in [0.1, 0.15) is 12.5 Å². The molecule has 0 aliphatic carbocycles. The lowest BCUT2D eigenvalue weighted by Gasteiger charge is -2.04. The minimum atomic E-state index is -0.819. The van der Waals surface area contributed by atoms with Crippen LogP contribution in [-0.4, -0.2) is 15.8 Å². The van der Waals surface area contributed by atoms with Crippen molar-refractivity contribution in [3.63, 3.8) is 0 Å². The first-order valence-electron chi connectivity index (χ1n) is 4.45. The second-order valence-electron chi connectivity index (χ2n) is 3.16. The molecule has 0 amide bonds. The van der Waals surface area contributed by atoms with Gasteiger partial charge in [-0.15, -0.1) is 0 Å². The number of nitro benzene ring substituents is 2. The molecule has 8 nitrogen and oxygen atoms in total. The zero-order valence-electron chi connectivity index (χ0n) is 9.00. The average molecular weight is 240 g/mol. The Hall–Kier alpha value is -2.51. The lowest BCUT2D eigenvalue weighted by molar-refractivity contribution is -0.395. The summed E-state index contributed by atoms with van der Waals surface area (Å²) in [6.45, 7) is 2.31. The molecule has 0 unspecified atom stereocenters. The molecule has 8 heteroatoms. The Morgan fingerprint density at radius 3 is 2.24 bits per heavy atom. The number of hydrogen-bond donors (Lipinski definition) is 0. The van der Waals surface area contributed by atoms with Crippen molar-refractivity contribution in [1.29, 1.82) is 0 Å². The van der Waals surface area contributed by atoms with Crippen LogP contribution in [0.5, 0.6) is 5.75 Å². The number of nitrogens with zero attached hydrogens (tertiary/aromatic N) is 2. The molecule has 0 aromatic heterocycles. The van der Waals surface area contributed by atoms with Crippen LogP contribution in [0.25, 0.3) is 0 Å². The van der Waals surface area contributed by atoms with E-state index in [2.05, 4.69) is 4.74 Å². The molecule has 0 N–H and O–H groups in total. The van der Waals surface area contributed by atoms with E-state index in [0.29, 0.717) is 0 Å². The minimum Gasteiger partial charge on any atom is -0.419 e. The summed E-state index contributed by atoms with van der Waals surface area (Å²) in [7, 11) is 0. The van der Waals surface area contributed by atoms with Crippen LogP contribution < -0.4 is 4.74 Å². The molecule has 0 fully saturated rings. The maximum atomic E-state index is 10.8. The van der Waals surface area contributed by atoms with Crippen molar-refractivity contribution in [2.24, 2.45) is 0 Å². The fourth-order valence-electron chi connectivity index (χ4n) is 1.33. The summed E-state index contributed by atoms with van der Waals surface area (Å²) in [6.07, 6.45) is 0. The third-order valence-corrected chi connectivity index (χ3v) is 2.00. The van der Waals surface area contributed by atoms with Crippen LogP contribution in [0, 0.1) is 27.2 Å². The average Bonchev–Trinajstić information content (AvgIpc) is 2.15. The molecular weight excluding hydrogens is 232 g/mol. The van der Waals surface area contributed by atoms with E-state index in [0.717, 1.165) is 19.1 Å². The summed E-state index contributed by atoms with van der Waals surface area (Å²) in [6, 6.07) is 2.09. The number of carbonyl (C=O) groups excluding carboxylic acids is 1. The fraction of sp³-hybridized carbons (Fsp3) is 0.222. The summed E-state index contributed by atoms with van der Waals surface area (Å²) in [5.41, 5.74) is -1.12. The van der Waals surface area contributed by atoms with Gasteiger partial charge in [-0.2, -0.15) is 0 Å². The first-order chi connectivity index (χ1) is 7.84. The van der Waals surface area contributed by atoms with Gasteiger partial charge in [0.1, 0.15) is 5.56 Å². The number of esters is 1. The molecule has 0 aliphatic rings. The normalized spacial score (nSPS) is 9.76. The van der Waals surface area contributed by atoms with Gasteiger partial charge in [-0.3, -0.25) is 25.0 Å². The molecule has 17 heavy (non-hydrogen) atoms. The number of benzene rings is 1. The standard InChI is InChI=1S/C9H8N2O6/c1-5-7(10(13)14)3-4-8(17-6(2)12)9(5)11(15)16/h3-4H,1-2H3. The van der Waals surface area contributed by atoms with Gasteiger partial charge < -0.3 is 4.74 Å². The van der Waals surface area contributed by atoms with Gasteiger partial charge in [0.2, 0.25) is 5.75 Å². The Morgan fingerprint density at radius 1 is 1.24 bits per heavy atom. The Bertz CT molecular complexity index is 510. The molecule has 0 aliphatic heterocycles. The van der Waals surface area contributed by atoms with Gasteiger partial charge in [0, 0.05) is 13.0 Å². The molecule has 1 aromatic rings. The zero-order chi connectivity index (χ0) is 13.2. The highest BCUT2D eigenvalue weighted by atomic mass is 16.6. The highest BCUT2D eigenvalue weighted by molar-refractivity contribution is 5.73. The Labute approximate surface area is 95.1 Å². The third kappa shape index (κ3) is 2.54. The van der Waals surface area contributed by atoms with Gasteiger partial charge in [-0.1, -0.05) is 0 Å². The van der Waals surface area contributed by atoms with E-state index in [1.807, 2.05) is 0 Å². The number of ether oxygens (including phenoxy) is 1. The van der Waals surface area contributed by atoms with Crippen LogP contribution in [0.4, 0.5) is 11.4 Å².